The number of carbonyl (C=O) groups is 1. The van der Waals surface area contributed by atoms with Gasteiger partial charge in [-0.15, -0.1) is 0 Å². The minimum absolute atomic E-state index is 0.149. The quantitative estimate of drug-likeness (QED) is 0.699. The van der Waals surface area contributed by atoms with E-state index in [9.17, 15) is 9.18 Å². The SMILES string of the molecule is Cc1cccc(C(=O)Nc2ccc(Nc3cccc(F)c3)cc2)c1. The molecule has 0 fully saturated rings. The molecule has 120 valence electrons. The second-order valence-corrected chi connectivity index (χ2v) is 5.54. The predicted octanol–water partition coefficient (Wildman–Crippen LogP) is 5.13. The fourth-order valence-corrected chi connectivity index (χ4v) is 2.36. The molecule has 0 aliphatic rings. The summed E-state index contributed by atoms with van der Waals surface area (Å²) >= 11 is 0. The van der Waals surface area contributed by atoms with Gasteiger partial charge in [-0.1, -0.05) is 23.8 Å². The average Bonchev–Trinajstić information content (AvgIpc) is 2.57. The molecule has 0 saturated heterocycles. The molecule has 2 N–H and O–H groups in total. The Bertz CT molecular complexity index is 860. The summed E-state index contributed by atoms with van der Waals surface area (Å²) in [4.78, 5) is 12.2. The number of amides is 1. The summed E-state index contributed by atoms with van der Waals surface area (Å²) in [6.45, 7) is 1.95. The molecule has 3 aromatic carbocycles. The lowest BCUT2D eigenvalue weighted by atomic mass is 10.1. The van der Waals surface area contributed by atoms with Gasteiger partial charge in [0.25, 0.3) is 5.91 Å². The van der Waals surface area contributed by atoms with Crippen LogP contribution in [0.25, 0.3) is 0 Å². The van der Waals surface area contributed by atoms with Gasteiger partial charge in [0, 0.05) is 22.6 Å². The van der Waals surface area contributed by atoms with Crippen molar-refractivity contribution in [1.82, 2.24) is 0 Å². The Morgan fingerprint density at radius 3 is 2.25 bits per heavy atom. The fraction of sp³-hybridized carbons (Fsp3) is 0.0500. The molecule has 0 atom stereocenters. The summed E-state index contributed by atoms with van der Waals surface area (Å²) in [5.41, 5.74) is 3.85. The van der Waals surface area contributed by atoms with Crippen molar-refractivity contribution in [2.24, 2.45) is 0 Å². The van der Waals surface area contributed by atoms with Gasteiger partial charge in [-0.2, -0.15) is 0 Å². The van der Waals surface area contributed by atoms with Gasteiger partial charge in [0.2, 0.25) is 0 Å². The molecule has 0 aromatic heterocycles. The molecule has 1 amide bonds. The number of hydrogen-bond acceptors (Lipinski definition) is 2. The number of carbonyl (C=O) groups excluding carboxylic acids is 1. The smallest absolute Gasteiger partial charge is 0.255 e. The lowest BCUT2D eigenvalue weighted by Gasteiger charge is -2.09. The van der Waals surface area contributed by atoms with Crippen LogP contribution < -0.4 is 10.6 Å². The van der Waals surface area contributed by atoms with E-state index < -0.39 is 0 Å². The first kappa shape index (κ1) is 15.7. The molecule has 0 aliphatic carbocycles. The first-order chi connectivity index (χ1) is 11.6. The third-order valence-corrected chi connectivity index (χ3v) is 3.54. The van der Waals surface area contributed by atoms with E-state index in [0.717, 1.165) is 11.3 Å². The van der Waals surface area contributed by atoms with Crippen LogP contribution >= 0.6 is 0 Å². The minimum atomic E-state index is -0.290. The predicted molar refractivity (Wildman–Crippen MR) is 95.3 cm³/mol. The highest BCUT2D eigenvalue weighted by atomic mass is 19.1. The lowest BCUT2D eigenvalue weighted by Crippen LogP contribution is -2.11. The zero-order chi connectivity index (χ0) is 16.9. The van der Waals surface area contributed by atoms with E-state index in [1.165, 1.54) is 12.1 Å². The number of halogens is 1. The molecule has 0 bridgehead atoms. The average molecular weight is 320 g/mol. The highest BCUT2D eigenvalue weighted by molar-refractivity contribution is 6.04. The number of anilines is 3. The number of nitrogens with one attached hydrogen (secondary N) is 2. The molecule has 0 spiro atoms. The van der Waals surface area contributed by atoms with Crippen molar-refractivity contribution in [3.63, 3.8) is 0 Å². The Labute approximate surface area is 140 Å². The molecule has 3 nitrogen and oxygen atoms in total. The van der Waals surface area contributed by atoms with Crippen LogP contribution in [0.2, 0.25) is 0 Å². The van der Waals surface area contributed by atoms with E-state index >= 15 is 0 Å². The largest absolute Gasteiger partial charge is 0.355 e. The van der Waals surface area contributed by atoms with E-state index in [-0.39, 0.29) is 11.7 Å². The van der Waals surface area contributed by atoms with Crippen molar-refractivity contribution in [1.29, 1.82) is 0 Å². The van der Waals surface area contributed by atoms with Gasteiger partial charge < -0.3 is 10.6 Å². The third kappa shape index (κ3) is 3.98. The molecule has 0 heterocycles. The Kier molecular flexibility index (Phi) is 4.57. The standard InChI is InChI=1S/C20H17FN2O/c1-14-4-2-5-15(12-14)20(24)23-18-10-8-17(9-11-18)22-19-7-3-6-16(21)13-19/h2-13,22H,1H3,(H,23,24). The molecule has 0 saturated carbocycles. The maximum Gasteiger partial charge on any atom is 0.255 e. The Morgan fingerprint density at radius 2 is 1.54 bits per heavy atom. The van der Waals surface area contributed by atoms with E-state index in [2.05, 4.69) is 10.6 Å². The molecule has 3 aromatic rings. The Hall–Kier alpha value is -3.14. The van der Waals surface area contributed by atoms with Gasteiger partial charge >= 0.3 is 0 Å². The molecular formula is C20H17FN2O. The summed E-state index contributed by atoms with van der Waals surface area (Å²) in [7, 11) is 0. The van der Waals surface area contributed by atoms with Crippen LogP contribution in [0.3, 0.4) is 0 Å². The first-order valence-corrected chi connectivity index (χ1v) is 7.61. The normalized spacial score (nSPS) is 10.2. The maximum atomic E-state index is 13.2. The minimum Gasteiger partial charge on any atom is -0.355 e. The lowest BCUT2D eigenvalue weighted by molar-refractivity contribution is 0.102. The van der Waals surface area contributed by atoms with Crippen LogP contribution in [-0.2, 0) is 0 Å². The van der Waals surface area contributed by atoms with Crippen LogP contribution in [0.4, 0.5) is 21.5 Å². The van der Waals surface area contributed by atoms with E-state index in [4.69, 9.17) is 0 Å². The highest BCUT2D eigenvalue weighted by Gasteiger charge is 2.06. The number of rotatable bonds is 4. The van der Waals surface area contributed by atoms with Crippen LogP contribution in [0, 0.1) is 12.7 Å². The topological polar surface area (TPSA) is 41.1 Å². The molecule has 0 aliphatic heterocycles. The van der Waals surface area contributed by atoms with Crippen molar-refractivity contribution in [3.05, 3.63) is 89.7 Å². The van der Waals surface area contributed by atoms with Crippen LogP contribution in [0.1, 0.15) is 15.9 Å². The van der Waals surface area contributed by atoms with E-state index in [1.54, 1.807) is 30.3 Å². The second kappa shape index (κ2) is 6.96. The molecule has 0 radical (unpaired) electrons. The molecule has 24 heavy (non-hydrogen) atoms. The maximum absolute atomic E-state index is 13.2. The van der Waals surface area contributed by atoms with Gasteiger partial charge in [0.1, 0.15) is 5.82 Å². The van der Waals surface area contributed by atoms with Crippen molar-refractivity contribution in [3.8, 4) is 0 Å². The summed E-state index contributed by atoms with van der Waals surface area (Å²) in [5.74, 6) is -0.438. The molecular weight excluding hydrogens is 303 g/mol. The zero-order valence-electron chi connectivity index (χ0n) is 13.2. The van der Waals surface area contributed by atoms with Crippen LogP contribution in [-0.4, -0.2) is 5.91 Å². The zero-order valence-corrected chi connectivity index (χ0v) is 13.2. The van der Waals surface area contributed by atoms with Crippen LogP contribution in [0.15, 0.2) is 72.8 Å². The van der Waals surface area contributed by atoms with E-state index in [0.29, 0.717) is 16.9 Å². The molecule has 4 heteroatoms. The van der Waals surface area contributed by atoms with Gasteiger partial charge in [-0.25, -0.2) is 4.39 Å². The van der Waals surface area contributed by atoms with Crippen molar-refractivity contribution < 1.29 is 9.18 Å². The Morgan fingerprint density at radius 1 is 0.833 bits per heavy atom. The first-order valence-electron chi connectivity index (χ1n) is 7.61. The summed E-state index contributed by atoms with van der Waals surface area (Å²) < 4.78 is 13.2. The third-order valence-electron chi connectivity index (χ3n) is 3.54. The van der Waals surface area contributed by atoms with Gasteiger partial charge in [0.05, 0.1) is 0 Å². The summed E-state index contributed by atoms with van der Waals surface area (Å²) in [6.07, 6.45) is 0. The molecule has 0 unspecified atom stereocenters. The van der Waals surface area contributed by atoms with Crippen molar-refractivity contribution in [2.45, 2.75) is 6.92 Å². The van der Waals surface area contributed by atoms with Gasteiger partial charge in [0.15, 0.2) is 0 Å². The van der Waals surface area contributed by atoms with Crippen molar-refractivity contribution in [2.75, 3.05) is 10.6 Å². The van der Waals surface area contributed by atoms with E-state index in [1.807, 2.05) is 37.3 Å². The number of benzene rings is 3. The van der Waals surface area contributed by atoms with Crippen molar-refractivity contribution >= 4 is 23.0 Å². The molecule has 3 rings (SSSR count). The number of hydrogen-bond donors (Lipinski definition) is 2. The number of aryl methyl sites for hydroxylation is 1. The summed E-state index contributed by atoms with van der Waals surface area (Å²) in [5, 5.41) is 5.97. The fourth-order valence-electron chi connectivity index (χ4n) is 2.36. The monoisotopic (exact) mass is 320 g/mol. The second-order valence-electron chi connectivity index (χ2n) is 5.54. The van der Waals surface area contributed by atoms with Crippen LogP contribution in [0.5, 0.6) is 0 Å². The Balaban J connectivity index is 1.67. The van der Waals surface area contributed by atoms with Gasteiger partial charge in [-0.3, -0.25) is 4.79 Å². The van der Waals surface area contributed by atoms with Gasteiger partial charge in [-0.05, 0) is 61.5 Å². The highest BCUT2D eigenvalue weighted by Crippen LogP contribution is 2.20. The summed E-state index contributed by atoms with van der Waals surface area (Å²) in [6, 6.07) is 20.9.